The van der Waals surface area contributed by atoms with E-state index in [2.05, 4.69) is 39.1 Å². The molecule has 1 unspecified atom stereocenters. The van der Waals surface area contributed by atoms with Crippen LogP contribution in [0.2, 0.25) is 0 Å². The molecule has 2 amide bonds. The third kappa shape index (κ3) is 7.35. The predicted molar refractivity (Wildman–Crippen MR) is 129 cm³/mol. The number of aryl methyl sites for hydroxylation is 1. The predicted octanol–water partition coefficient (Wildman–Crippen LogP) is 1.47. The molecule has 10 heteroatoms. The fourth-order valence-corrected chi connectivity index (χ4v) is 3.20. The first kappa shape index (κ1) is 25.9. The number of nitrogens with two attached hydrogens (primary N) is 2. The number of carbonyl (C=O) groups is 2. The molecule has 3 rings (SSSR count). The summed E-state index contributed by atoms with van der Waals surface area (Å²) in [6, 6.07) is 5.22. The standard InChI is InChI=1S/C22H28N6O3.CH5N/c1-3-15-8-5-4-6-11-31-16(12-23)13-24-22(30)20-19(14-28(2)27-20)26-21(29)18-10-7-9-17(15)25-18;1-2/h3,7-10,14,16H,1,4-6,11-13,23H2,2H3,(H,24,30)(H,26,29);2H2,1H3/b15-8+;. The Kier molecular flexibility index (Phi) is 10.4. The number of amides is 2. The summed E-state index contributed by atoms with van der Waals surface area (Å²) in [5, 5.41) is 9.70. The number of hydrogen-bond donors (Lipinski definition) is 4. The minimum absolute atomic E-state index is 0.107. The van der Waals surface area contributed by atoms with E-state index in [1.165, 1.54) is 11.7 Å². The van der Waals surface area contributed by atoms with E-state index in [0.717, 1.165) is 24.8 Å². The molecule has 0 aromatic carbocycles. The van der Waals surface area contributed by atoms with Gasteiger partial charge in [0.05, 0.1) is 17.5 Å². The molecule has 0 spiro atoms. The Morgan fingerprint density at radius 3 is 2.73 bits per heavy atom. The molecule has 178 valence electrons. The van der Waals surface area contributed by atoms with Gasteiger partial charge in [0.25, 0.3) is 11.8 Å². The number of nitrogens with zero attached hydrogens (tertiary/aromatic N) is 3. The number of hydrogen-bond acceptors (Lipinski definition) is 7. The van der Waals surface area contributed by atoms with E-state index in [1.807, 2.05) is 6.07 Å². The maximum atomic E-state index is 12.8. The molecular weight excluding hydrogens is 422 g/mol. The summed E-state index contributed by atoms with van der Waals surface area (Å²) >= 11 is 0. The zero-order chi connectivity index (χ0) is 24.2. The first-order chi connectivity index (χ1) is 16.0. The number of rotatable bonds is 2. The number of nitrogens with one attached hydrogen (secondary N) is 2. The van der Waals surface area contributed by atoms with Gasteiger partial charge in [-0.2, -0.15) is 5.10 Å². The van der Waals surface area contributed by atoms with Gasteiger partial charge in [0.15, 0.2) is 5.69 Å². The van der Waals surface area contributed by atoms with E-state index >= 15 is 0 Å². The van der Waals surface area contributed by atoms with Crippen molar-refractivity contribution in [2.75, 3.05) is 32.1 Å². The molecule has 2 aromatic heterocycles. The van der Waals surface area contributed by atoms with Crippen LogP contribution in [0.5, 0.6) is 0 Å². The number of pyridine rings is 1. The minimum atomic E-state index is -0.434. The number of carbonyl (C=O) groups excluding carboxylic acids is 2. The molecule has 1 aliphatic heterocycles. The van der Waals surface area contributed by atoms with Crippen molar-refractivity contribution >= 4 is 23.1 Å². The van der Waals surface area contributed by atoms with Crippen molar-refractivity contribution < 1.29 is 14.3 Å². The second-order valence-corrected chi connectivity index (χ2v) is 7.23. The van der Waals surface area contributed by atoms with E-state index in [-0.39, 0.29) is 30.6 Å². The van der Waals surface area contributed by atoms with Crippen LogP contribution >= 0.6 is 0 Å². The molecule has 0 saturated carbocycles. The Balaban J connectivity index is 0.00000187. The third-order valence-electron chi connectivity index (χ3n) is 4.86. The Morgan fingerprint density at radius 2 is 2.00 bits per heavy atom. The van der Waals surface area contributed by atoms with E-state index in [0.29, 0.717) is 18.0 Å². The van der Waals surface area contributed by atoms with Crippen LogP contribution in [-0.4, -0.2) is 59.4 Å². The van der Waals surface area contributed by atoms with E-state index in [1.54, 1.807) is 31.5 Å². The second-order valence-electron chi connectivity index (χ2n) is 7.23. The SMILES string of the molecule is C=C/C1=C\CCCCOC(CN)CNC(=O)c2nn(C)cc2NC(=O)c2cccc1n2.CN. The number of allylic oxidation sites excluding steroid dienone is 3. The first-order valence-electron chi connectivity index (χ1n) is 10.8. The Labute approximate surface area is 194 Å². The van der Waals surface area contributed by atoms with Gasteiger partial charge in [0.1, 0.15) is 5.69 Å². The number of anilines is 1. The van der Waals surface area contributed by atoms with Crippen molar-refractivity contribution in [3.63, 3.8) is 0 Å². The van der Waals surface area contributed by atoms with Crippen molar-refractivity contribution in [2.45, 2.75) is 25.4 Å². The van der Waals surface area contributed by atoms with Crippen LogP contribution in [0.3, 0.4) is 0 Å². The van der Waals surface area contributed by atoms with Gasteiger partial charge in [-0.1, -0.05) is 24.8 Å². The highest BCUT2D eigenvalue weighted by atomic mass is 16.5. The van der Waals surface area contributed by atoms with Gasteiger partial charge in [0, 0.05) is 32.9 Å². The molecule has 0 fully saturated rings. The van der Waals surface area contributed by atoms with E-state index < -0.39 is 11.8 Å². The molecule has 1 aliphatic rings. The molecule has 0 saturated heterocycles. The summed E-state index contributed by atoms with van der Waals surface area (Å²) in [4.78, 5) is 30.0. The minimum Gasteiger partial charge on any atom is -0.375 e. The zero-order valence-corrected chi connectivity index (χ0v) is 19.2. The number of fused-ring (bicyclic) bond motifs is 3. The van der Waals surface area contributed by atoms with Gasteiger partial charge in [-0.15, -0.1) is 0 Å². The van der Waals surface area contributed by atoms with Crippen molar-refractivity contribution in [1.82, 2.24) is 20.1 Å². The van der Waals surface area contributed by atoms with Crippen molar-refractivity contribution in [3.8, 4) is 0 Å². The maximum Gasteiger partial charge on any atom is 0.274 e. The molecule has 10 nitrogen and oxygen atoms in total. The summed E-state index contributed by atoms with van der Waals surface area (Å²) in [5.74, 6) is -0.853. The van der Waals surface area contributed by atoms with E-state index in [4.69, 9.17) is 10.5 Å². The Morgan fingerprint density at radius 1 is 1.24 bits per heavy atom. The highest BCUT2D eigenvalue weighted by Crippen LogP contribution is 2.18. The molecule has 33 heavy (non-hydrogen) atoms. The van der Waals surface area contributed by atoms with Gasteiger partial charge in [-0.05, 0) is 44.0 Å². The maximum absolute atomic E-state index is 12.8. The van der Waals surface area contributed by atoms with Crippen LogP contribution in [0.15, 0.2) is 43.1 Å². The van der Waals surface area contributed by atoms with Crippen LogP contribution in [0.25, 0.3) is 5.57 Å². The average Bonchev–Trinajstić information content (AvgIpc) is 3.21. The fourth-order valence-electron chi connectivity index (χ4n) is 3.20. The lowest BCUT2D eigenvalue weighted by atomic mass is 10.1. The van der Waals surface area contributed by atoms with Crippen LogP contribution in [0, 0.1) is 0 Å². The van der Waals surface area contributed by atoms with Crippen LogP contribution in [-0.2, 0) is 11.8 Å². The largest absolute Gasteiger partial charge is 0.375 e. The molecule has 6 N–H and O–H groups in total. The monoisotopic (exact) mass is 455 g/mol. The molecule has 2 aromatic rings. The fraction of sp³-hybridized carbons (Fsp3) is 0.391. The lowest BCUT2D eigenvalue weighted by molar-refractivity contribution is 0.0539. The summed E-state index contributed by atoms with van der Waals surface area (Å²) in [7, 11) is 3.17. The zero-order valence-electron chi connectivity index (χ0n) is 19.2. The summed E-state index contributed by atoms with van der Waals surface area (Å²) in [6.45, 7) is 4.95. The van der Waals surface area contributed by atoms with Gasteiger partial charge < -0.3 is 26.8 Å². The Hall–Kier alpha value is -3.34. The highest BCUT2D eigenvalue weighted by molar-refractivity contribution is 6.07. The molecule has 2 bridgehead atoms. The van der Waals surface area contributed by atoms with Gasteiger partial charge in [-0.3, -0.25) is 14.3 Å². The molecule has 0 radical (unpaired) electrons. The van der Waals surface area contributed by atoms with Crippen LogP contribution < -0.4 is 22.1 Å². The van der Waals surface area contributed by atoms with Crippen LogP contribution in [0.1, 0.15) is 45.9 Å². The third-order valence-corrected chi connectivity index (χ3v) is 4.86. The van der Waals surface area contributed by atoms with Gasteiger partial charge >= 0.3 is 0 Å². The lowest BCUT2D eigenvalue weighted by Crippen LogP contribution is -2.38. The van der Waals surface area contributed by atoms with Crippen molar-refractivity contribution in [1.29, 1.82) is 0 Å². The number of aromatic nitrogens is 3. The average molecular weight is 456 g/mol. The topological polar surface area (TPSA) is 150 Å². The van der Waals surface area contributed by atoms with Crippen molar-refractivity contribution in [2.24, 2.45) is 18.5 Å². The first-order valence-corrected chi connectivity index (χ1v) is 10.8. The molecule has 0 aliphatic carbocycles. The van der Waals surface area contributed by atoms with Gasteiger partial charge in [-0.25, -0.2) is 4.98 Å². The molecule has 1 atom stereocenters. The lowest BCUT2D eigenvalue weighted by Gasteiger charge is -2.16. The van der Waals surface area contributed by atoms with Crippen molar-refractivity contribution in [3.05, 3.63) is 60.2 Å². The van der Waals surface area contributed by atoms with Gasteiger partial charge in [0.2, 0.25) is 0 Å². The molecule has 3 heterocycles. The highest BCUT2D eigenvalue weighted by Gasteiger charge is 2.20. The second kappa shape index (κ2) is 13.3. The summed E-state index contributed by atoms with van der Waals surface area (Å²) < 4.78 is 7.26. The summed E-state index contributed by atoms with van der Waals surface area (Å²) in [6.07, 6.45) is 7.65. The normalized spacial score (nSPS) is 19.3. The molecular formula is C23H33N7O3. The van der Waals surface area contributed by atoms with Crippen LogP contribution in [0.4, 0.5) is 5.69 Å². The van der Waals surface area contributed by atoms with E-state index in [9.17, 15) is 9.59 Å². The smallest absolute Gasteiger partial charge is 0.274 e. The Bertz CT molecular complexity index is 984. The quantitative estimate of drug-likeness (QED) is 0.535. The summed E-state index contributed by atoms with van der Waals surface area (Å²) in [5.41, 5.74) is 12.4. The number of ether oxygens (including phenoxy) is 1.